The molecule has 0 aliphatic carbocycles. The summed E-state index contributed by atoms with van der Waals surface area (Å²) in [6.45, 7) is 2.47. The molecule has 1 fully saturated rings. The van der Waals surface area contributed by atoms with E-state index >= 15 is 0 Å². The first-order chi connectivity index (χ1) is 12.8. The number of nitrogens with one attached hydrogen (secondary N) is 2. The quantitative estimate of drug-likeness (QED) is 0.787. The maximum absolute atomic E-state index is 12.0. The fourth-order valence-corrected chi connectivity index (χ4v) is 2.94. The fraction of sp³-hybridized carbons (Fsp3) is 0.381. The maximum atomic E-state index is 12.0. The molecule has 0 spiro atoms. The normalized spacial score (nSPS) is 16.8. The molecular weight excluding hydrogens is 328 g/mol. The van der Waals surface area contributed by atoms with Gasteiger partial charge in [-0.1, -0.05) is 42.5 Å². The maximum Gasteiger partial charge on any atom is 0.319 e. The molecule has 0 saturated carbocycles. The van der Waals surface area contributed by atoms with Gasteiger partial charge in [-0.2, -0.15) is 0 Å². The molecule has 1 aliphatic heterocycles. The Morgan fingerprint density at radius 1 is 1.08 bits per heavy atom. The van der Waals surface area contributed by atoms with Crippen LogP contribution in [0.15, 0.2) is 54.6 Å². The Kier molecular flexibility index (Phi) is 7.05. The number of anilines is 1. The van der Waals surface area contributed by atoms with E-state index in [1.54, 1.807) is 0 Å². The molecule has 0 aromatic heterocycles. The van der Waals surface area contributed by atoms with Crippen LogP contribution in [-0.2, 0) is 22.6 Å². The van der Waals surface area contributed by atoms with Crippen molar-refractivity contribution in [3.05, 3.63) is 65.7 Å². The number of urea groups is 1. The second kappa shape index (κ2) is 9.94. The Labute approximate surface area is 154 Å². The minimum absolute atomic E-state index is 0.217. The standard InChI is InChI=1S/C21H26N2O3/c24-21(22-14-17-7-2-1-3-8-17)23-19-10-6-9-18(13-19)15-25-16-20-11-4-5-12-26-20/h1-3,6-10,13,20H,4-5,11-12,14-16H2,(H2,22,23,24)/t20-/m0/s1. The van der Waals surface area contributed by atoms with Gasteiger partial charge in [0.1, 0.15) is 0 Å². The molecule has 2 N–H and O–H groups in total. The van der Waals surface area contributed by atoms with Gasteiger partial charge in [0.05, 0.1) is 19.3 Å². The summed E-state index contributed by atoms with van der Waals surface area (Å²) in [4.78, 5) is 12.0. The number of carbonyl (C=O) groups excluding carboxylic acids is 1. The summed E-state index contributed by atoms with van der Waals surface area (Å²) in [6.07, 6.45) is 3.65. The molecule has 2 aromatic rings. The predicted octanol–water partition coefficient (Wildman–Crippen LogP) is 4.09. The number of ether oxygens (including phenoxy) is 2. The van der Waals surface area contributed by atoms with Crippen molar-refractivity contribution in [2.75, 3.05) is 18.5 Å². The molecule has 0 bridgehead atoms. The van der Waals surface area contributed by atoms with E-state index < -0.39 is 0 Å². The van der Waals surface area contributed by atoms with Crippen LogP contribution < -0.4 is 10.6 Å². The second-order valence-electron chi connectivity index (χ2n) is 6.50. The van der Waals surface area contributed by atoms with E-state index in [9.17, 15) is 4.79 Å². The van der Waals surface area contributed by atoms with Crippen LogP contribution in [-0.4, -0.2) is 25.3 Å². The molecule has 5 heteroatoms. The minimum atomic E-state index is -0.220. The molecule has 0 radical (unpaired) electrons. The molecule has 1 atom stereocenters. The van der Waals surface area contributed by atoms with E-state index in [1.807, 2.05) is 54.6 Å². The van der Waals surface area contributed by atoms with Crippen molar-refractivity contribution >= 4 is 11.7 Å². The summed E-state index contributed by atoms with van der Waals surface area (Å²) in [7, 11) is 0. The highest BCUT2D eigenvalue weighted by Gasteiger charge is 2.13. The van der Waals surface area contributed by atoms with E-state index in [4.69, 9.17) is 9.47 Å². The lowest BCUT2D eigenvalue weighted by Crippen LogP contribution is -2.28. The van der Waals surface area contributed by atoms with E-state index in [2.05, 4.69) is 10.6 Å². The Morgan fingerprint density at radius 2 is 1.92 bits per heavy atom. The lowest BCUT2D eigenvalue weighted by Gasteiger charge is -2.22. The summed E-state index contributed by atoms with van der Waals surface area (Å²) >= 11 is 0. The number of carbonyl (C=O) groups is 1. The van der Waals surface area contributed by atoms with Crippen LogP contribution >= 0.6 is 0 Å². The minimum Gasteiger partial charge on any atom is -0.376 e. The molecule has 2 amide bonds. The van der Waals surface area contributed by atoms with Crippen LogP contribution in [0.25, 0.3) is 0 Å². The van der Waals surface area contributed by atoms with Gasteiger partial charge in [0.15, 0.2) is 0 Å². The van der Waals surface area contributed by atoms with E-state index in [0.717, 1.165) is 36.3 Å². The number of rotatable bonds is 7. The lowest BCUT2D eigenvalue weighted by atomic mass is 10.1. The first-order valence-corrected chi connectivity index (χ1v) is 9.17. The van der Waals surface area contributed by atoms with Gasteiger partial charge in [-0.25, -0.2) is 4.79 Å². The summed E-state index contributed by atoms with van der Waals surface area (Å²) in [5.41, 5.74) is 2.85. The summed E-state index contributed by atoms with van der Waals surface area (Å²) in [6, 6.07) is 17.3. The third kappa shape index (κ3) is 6.17. The molecule has 3 rings (SSSR count). The molecule has 26 heavy (non-hydrogen) atoms. The molecule has 1 heterocycles. The molecule has 2 aromatic carbocycles. The van der Waals surface area contributed by atoms with Gasteiger partial charge < -0.3 is 20.1 Å². The SMILES string of the molecule is O=C(NCc1ccccc1)Nc1cccc(COC[C@@H]2CCCCO2)c1. The zero-order valence-corrected chi connectivity index (χ0v) is 14.9. The molecule has 1 aliphatic rings. The fourth-order valence-electron chi connectivity index (χ4n) is 2.94. The van der Waals surface area contributed by atoms with Crippen molar-refractivity contribution < 1.29 is 14.3 Å². The second-order valence-corrected chi connectivity index (χ2v) is 6.50. The van der Waals surface area contributed by atoms with Gasteiger partial charge in [-0.15, -0.1) is 0 Å². The number of amides is 2. The average Bonchev–Trinajstić information content (AvgIpc) is 2.68. The highest BCUT2D eigenvalue weighted by atomic mass is 16.5. The first-order valence-electron chi connectivity index (χ1n) is 9.17. The molecule has 1 saturated heterocycles. The van der Waals surface area contributed by atoms with Crippen molar-refractivity contribution in [1.29, 1.82) is 0 Å². The van der Waals surface area contributed by atoms with Crippen molar-refractivity contribution in [3.8, 4) is 0 Å². The molecule has 138 valence electrons. The highest BCUT2D eigenvalue weighted by Crippen LogP contribution is 2.15. The van der Waals surface area contributed by atoms with E-state index in [-0.39, 0.29) is 12.1 Å². The van der Waals surface area contributed by atoms with Crippen LogP contribution in [0.3, 0.4) is 0 Å². The van der Waals surface area contributed by atoms with Gasteiger partial charge in [0.2, 0.25) is 0 Å². The Balaban J connectivity index is 1.42. The van der Waals surface area contributed by atoms with Crippen LogP contribution in [0.4, 0.5) is 10.5 Å². The van der Waals surface area contributed by atoms with E-state index in [0.29, 0.717) is 19.8 Å². The van der Waals surface area contributed by atoms with Gasteiger partial charge in [0, 0.05) is 18.8 Å². The van der Waals surface area contributed by atoms with Gasteiger partial charge in [-0.3, -0.25) is 0 Å². The average molecular weight is 354 g/mol. The van der Waals surface area contributed by atoms with Crippen molar-refractivity contribution in [2.24, 2.45) is 0 Å². The smallest absolute Gasteiger partial charge is 0.319 e. The van der Waals surface area contributed by atoms with Crippen LogP contribution in [0, 0.1) is 0 Å². The largest absolute Gasteiger partial charge is 0.376 e. The summed E-state index contributed by atoms with van der Waals surface area (Å²) < 4.78 is 11.4. The monoisotopic (exact) mass is 354 g/mol. The number of hydrogen-bond donors (Lipinski definition) is 2. The number of benzene rings is 2. The predicted molar refractivity (Wildman–Crippen MR) is 102 cm³/mol. The Morgan fingerprint density at radius 3 is 2.73 bits per heavy atom. The van der Waals surface area contributed by atoms with Crippen LogP contribution in [0.5, 0.6) is 0 Å². The zero-order chi connectivity index (χ0) is 18.0. The third-order valence-electron chi connectivity index (χ3n) is 4.33. The molecule has 0 unspecified atom stereocenters. The van der Waals surface area contributed by atoms with Crippen LogP contribution in [0.2, 0.25) is 0 Å². The van der Waals surface area contributed by atoms with Crippen molar-refractivity contribution in [1.82, 2.24) is 5.32 Å². The van der Waals surface area contributed by atoms with Gasteiger partial charge in [0.25, 0.3) is 0 Å². The van der Waals surface area contributed by atoms with Crippen molar-refractivity contribution in [2.45, 2.75) is 38.5 Å². The first kappa shape index (κ1) is 18.4. The zero-order valence-electron chi connectivity index (χ0n) is 14.9. The summed E-state index contributed by atoms with van der Waals surface area (Å²) in [5, 5.41) is 5.72. The Hall–Kier alpha value is -2.37. The third-order valence-corrected chi connectivity index (χ3v) is 4.33. The van der Waals surface area contributed by atoms with E-state index in [1.165, 1.54) is 6.42 Å². The Bertz CT molecular complexity index is 685. The van der Waals surface area contributed by atoms with Gasteiger partial charge >= 0.3 is 6.03 Å². The summed E-state index contributed by atoms with van der Waals surface area (Å²) in [5.74, 6) is 0. The molecule has 5 nitrogen and oxygen atoms in total. The molecular formula is C21H26N2O3. The highest BCUT2D eigenvalue weighted by molar-refractivity contribution is 5.89. The van der Waals surface area contributed by atoms with Crippen LogP contribution in [0.1, 0.15) is 30.4 Å². The topological polar surface area (TPSA) is 59.6 Å². The van der Waals surface area contributed by atoms with Crippen molar-refractivity contribution in [3.63, 3.8) is 0 Å². The van der Waals surface area contributed by atoms with Gasteiger partial charge in [-0.05, 0) is 42.5 Å². The number of hydrogen-bond acceptors (Lipinski definition) is 3. The lowest BCUT2D eigenvalue weighted by molar-refractivity contribution is -0.0447.